The van der Waals surface area contributed by atoms with E-state index >= 15 is 0 Å². The standard InChI is InChI=1S/C7H10O4S/c1-2-6(8)11-4-3-5-12-7(9)10/h2H,1,3-5H2,(H,9,10). The average Bonchev–Trinajstić information content (AvgIpc) is 2.03. The summed E-state index contributed by atoms with van der Waals surface area (Å²) in [6, 6.07) is 0. The van der Waals surface area contributed by atoms with Crippen molar-refractivity contribution in [1.29, 1.82) is 0 Å². The monoisotopic (exact) mass is 190 g/mol. The van der Waals surface area contributed by atoms with Crippen LogP contribution in [0.1, 0.15) is 6.42 Å². The van der Waals surface area contributed by atoms with Gasteiger partial charge in [-0.2, -0.15) is 0 Å². The summed E-state index contributed by atoms with van der Waals surface area (Å²) >= 11 is 0.790. The van der Waals surface area contributed by atoms with Gasteiger partial charge < -0.3 is 9.84 Å². The number of hydrogen-bond acceptors (Lipinski definition) is 4. The summed E-state index contributed by atoms with van der Waals surface area (Å²) in [6.07, 6.45) is 1.61. The molecule has 0 spiro atoms. The first-order chi connectivity index (χ1) is 5.66. The van der Waals surface area contributed by atoms with Gasteiger partial charge in [-0.1, -0.05) is 6.58 Å². The van der Waals surface area contributed by atoms with Crippen molar-refractivity contribution in [2.75, 3.05) is 12.4 Å². The van der Waals surface area contributed by atoms with Gasteiger partial charge in [0.05, 0.1) is 6.61 Å². The fourth-order valence-corrected chi connectivity index (χ4v) is 0.887. The third-order valence-corrected chi connectivity index (χ3v) is 1.66. The molecule has 0 radical (unpaired) electrons. The summed E-state index contributed by atoms with van der Waals surface area (Å²) in [7, 11) is 0. The molecule has 0 heterocycles. The van der Waals surface area contributed by atoms with Crippen LogP contribution in [0.2, 0.25) is 0 Å². The molecule has 0 unspecified atom stereocenters. The van der Waals surface area contributed by atoms with Crippen molar-refractivity contribution in [3.8, 4) is 0 Å². The number of hydrogen-bond donors (Lipinski definition) is 1. The Bertz CT molecular complexity index is 178. The summed E-state index contributed by atoms with van der Waals surface area (Å²) in [5, 5.41) is 7.30. The molecule has 0 fully saturated rings. The second-order valence-corrected chi connectivity index (χ2v) is 2.89. The summed E-state index contributed by atoms with van der Waals surface area (Å²) in [4.78, 5) is 20.4. The van der Waals surface area contributed by atoms with Gasteiger partial charge in [0.1, 0.15) is 0 Å². The van der Waals surface area contributed by atoms with E-state index in [4.69, 9.17) is 5.11 Å². The molecule has 5 heteroatoms. The van der Waals surface area contributed by atoms with Crippen LogP contribution in [0.25, 0.3) is 0 Å². The fraction of sp³-hybridized carbons (Fsp3) is 0.429. The Labute approximate surface area is 74.6 Å². The van der Waals surface area contributed by atoms with Crippen molar-refractivity contribution in [3.63, 3.8) is 0 Å². The van der Waals surface area contributed by atoms with Crippen molar-refractivity contribution in [1.82, 2.24) is 0 Å². The van der Waals surface area contributed by atoms with Crippen LogP contribution in [-0.4, -0.2) is 28.7 Å². The van der Waals surface area contributed by atoms with Crippen LogP contribution in [0.15, 0.2) is 12.7 Å². The largest absolute Gasteiger partial charge is 0.473 e. The SMILES string of the molecule is C=CC(=O)OCCCSC(=O)O. The first-order valence-corrected chi connectivity index (χ1v) is 4.30. The molecule has 0 aliphatic rings. The van der Waals surface area contributed by atoms with Crippen molar-refractivity contribution in [2.45, 2.75) is 6.42 Å². The molecule has 0 amide bonds. The van der Waals surface area contributed by atoms with Crippen LogP contribution in [0, 0.1) is 0 Å². The highest BCUT2D eigenvalue weighted by Gasteiger charge is 1.98. The summed E-state index contributed by atoms with van der Waals surface area (Å²) in [6.45, 7) is 3.46. The molecule has 12 heavy (non-hydrogen) atoms. The van der Waals surface area contributed by atoms with Gasteiger partial charge in [-0.3, -0.25) is 0 Å². The highest BCUT2D eigenvalue weighted by Crippen LogP contribution is 2.02. The van der Waals surface area contributed by atoms with E-state index in [9.17, 15) is 9.59 Å². The Kier molecular flexibility index (Phi) is 6.18. The number of carbonyl (C=O) groups excluding carboxylic acids is 1. The van der Waals surface area contributed by atoms with E-state index < -0.39 is 11.3 Å². The molecule has 0 rings (SSSR count). The lowest BCUT2D eigenvalue weighted by Crippen LogP contribution is -2.03. The normalized spacial score (nSPS) is 9.00. The molecule has 0 aliphatic heterocycles. The van der Waals surface area contributed by atoms with E-state index in [1.807, 2.05) is 0 Å². The minimum Gasteiger partial charge on any atom is -0.473 e. The number of thioether (sulfide) groups is 1. The quantitative estimate of drug-likeness (QED) is 0.404. The summed E-state index contributed by atoms with van der Waals surface area (Å²) in [5.74, 6) is -0.0323. The summed E-state index contributed by atoms with van der Waals surface area (Å²) < 4.78 is 4.61. The molecule has 0 aliphatic carbocycles. The highest BCUT2D eigenvalue weighted by atomic mass is 32.2. The Hall–Kier alpha value is -0.970. The lowest BCUT2D eigenvalue weighted by atomic mass is 10.5. The van der Waals surface area contributed by atoms with Gasteiger partial charge in [0.2, 0.25) is 0 Å². The second kappa shape index (κ2) is 6.72. The third-order valence-electron chi connectivity index (χ3n) is 0.925. The van der Waals surface area contributed by atoms with Gasteiger partial charge in [-0.15, -0.1) is 0 Å². The van der Waals surface area contributed by atoms with Gasteiger partial charge in [0.15, 0.2) is 0 Å². The second-order valence-electron chi connectivity index (χ2n) is 1.84. The van der Waals surface area contributed by atoms with E-state index in [-0.39, 0.29) is 6.61 Å². The van der Waals surface area contributed by atoms with E-state index in [0.717, 1.165) is 17.8 Å². The molecule has 0 aromatic heterocycles. The van der Waals surface area contributed by atoms with Gasteiger partial charge in [-0.05, 0) is 18.2 Å². The molecule has 0 bridgehead atoms. The first kappa shape index (κ1) is 11.0. The molecule has 1 N–H and O–H groups in total. The molecule has 0 aromatic carbocycles. The molecule has 0 aromatic rings. The molecule has 0 atom stereocenters. The van der Waals surface area contributed by atoms with Crippen LogP contribution in [0.5, 0.6) is 0 Å². The van der Waals surface area contributed by atoms with Gasteiger partial charge >= 0.3 is 11.3 Å². The molecular weight excluding hydrogens is 180 g/mol. The lowest BCUT2D eigenvalue weighted by molar-refractivity contribution is -0.137. The van der Waals surface area contributed by atoms with Crippen molar-refractivity contribution in [3.05, 3.63) is 12.7 Å². The number of carbonyl (C=O) groups is 2. The molecular formula is C7H10O4S. The number of esters is 1. The lowest BCUT2D eigenvalue weighted by Gasteiger charge is -1.99. The minimum atomic E-state index is -0.912. The fourth-order valence-electron chi connectivity index (χ4n) is 0.450. The zero-order valence-corrected chi connectivity index (χ0v) is 7.30. The van der Waals surface area contributed by atoms with Crippen LogP contribution in [-0.2, 0) is 9.53 Å². The predicted molar refractivity (Wildman–Crippen MR) is 46.3 cm³/mol. The molecule has 0 saturated heterocycles. The first-order valence-electron chi connectivity index (χ1n) is 3.31. The maximum Gasteiger partial charge on any atom is 0.364 e. The van der Waals surface area contributed by atoms with Crippen LogP contribution in [0.4, 0.5) is 4.79 Å². The number of rotatable bonds is 5. The van der Waals surface area contributed by atoms with Gasteiger partial charge in [0, 0.05) is 11.8 Å². The van der Waals surface area contributed by atoms with Gasteiger partial charge in [0.25, 0.3) is 0 Å². The zero-order valence-electron chi connectivity index (χ0n) is 6.49. The maximum absolute atomic E-state index is 10.4. The topological polar surface area (TPSA) is 63.6 Å². The Morgan fingerprint density at radius 3 is 2.75 bits per heavy atom. The minimum absolute atomic E-state index is 0.241. The molecule has 4 nitrogen and oxygen atoms in total. The zero-order chi connectivity index (χ0) is 9.40. The van der Waals surface area contributed by atoms with Gasteiger partial charge in [-0.25, -0.2) is 9.59 Å². The van der Waals surface area contributed by atoms with E-state index in [1.165, 1.54) is 0 Å². The van der Waals surface area contributed by atoms with E-state index in [2.05, 4.69) is 11.3 Å². The van der Waals surface area contributed by atoms with E-state index in [1.54, 1.807) is 0 Å². The maximum atomic E-state index is 10.4. The smallest absolute Gasteiger partial charge is 0.364 e. The third kappa shape index (κ3) is 7.14. The van der Waals surface area contributed by atoms with Crippen molar-refractivity contribution >= 4 is 23.0 Å². The molecule has 0 saturated carbocycles. The van der Waals surface area contributed by atoms with Crippen LogP contribution < -0.4 is 0 Å². The Balaban J connectivity index is 3.16. The number of ether oxygens (including phenoxy) is 1. The highest BCUT2D eigenvalue weighted by molar-refractivity contribution is 8.13. The van der Waals surface area contributed by atoms with Crippen LogP contribution >= 0.6 is 11.8 Å². The molecule has 68 valence electrons. The van der Waals surface area contributed by atoms with Crippen LogP contribution in [0.3, 0.4) is 0 Å². The van der Waals surface area contributed by atoms with Crippen molar-refractivity contribution < 1.29 is 19.4 Å². The Morgan fingerprint density at radius 2 is 2.25 bits per heavy atom. The number of carboxylic acid groups (broad SMARTS) is 1. The van der Waals surface area contributed by atoms with Crippen molar-refractivity contribution in [2.24, 2.45) is 0 Å². The summed E-state index contributed by atoms with van der Waals surface area (Å²) in [5.41, 5.74) is 0. The van der Waals surface area contributed by atoms with E-state index in [0.29, 0.717) is 12.2 Å². The average molecular weight is 190 g/mol. The Morgan fingerprint density at radius 1 is 1.58 bits per heavy atom. The predicted octanol–water partition coefficient (Wildman–Crippen LogP) is 1.52.